The van der Waals surface area contributed by atoms with Gasteiger partial charge < -0.3 is 10.6 Å². The first kappa shape index (κ1) is 14.0. The molecule has 1 rings (SSSR count). The summed E-state index contributed by atoms with van der Waals surface area (Å²) in [6, 6.07) is 6.10. The van der Waals surface area contributed by atoms with Crippen molar-refractivity contribution in [2.45, 2.75) is 27.2 Å². The number of anilines is 1. The van der Waals surface area contributed by atoms with E-state index in [2.05, 4.69) is 18.3 Å². The normalized spacial score (nSPS) is 9.94. The lowest BCUT2D eigenvalue weighted by molar-refractivity contribution is 0.880. The van der Waals surface area contributed by atoms with Gasteiger partial charge in [-0.15, -0.1) is 0 Å². The predicted octanol–water partition coefficient (Wildman–Crippen LogP) is 1.94. The van der Waals surface area contributed by atoms with Crippen molar-refractivity contribution in [1.82, 2.24) is 5.32 Å². The van der Waals surface area contributed by atoms with Crippen LogP contribution in [0.5, 0.6) is 0 Å². The zero-order chi connectivity index (χ0) is 13.7. The van der Waals surface area contributed by atoms with Gasteiger partial charge in [0.25, 0.3) is 0 Å². The summed E-state index contributed by atoms with van der Waals surface area (Å²) in [6.45, 7) is 6.83. The SMILES string of the molecule is CCCN(C(=N)NC(=N)N)c1ccc(C)cc1C. The van der Waals surface area contributed by atoms with E-state index in [0.29, 0.717) is 6.54 Å². The van der Waals surface area contributed by atoms with Crippen LogP contribution >= 0.6 is 0 Å². The molecule has 1 aromatic carbocycles. The number of nitrogens with two attached hydrogens (primary N) is 1. The van der Waals surface area contributed by atoms with Crippen molar-refractivity contribution in [3.05, 3.63) is 29.3 Å². The van der Waals surface area contributed by atoms with E-state index in [1.807, 2.05) is 30.9 Å². The van der Waals surface area contributed by atoms with Crippen LogP contribution in [-0.2, 0) is 0 Å². The van der Waals surface area contributed by atoms with Gasteiger partial charge >= 0.3 is 0 Å². The highest BCUT2D eigenvalue weighted by molar-refractivity contribution is 6.04. The van der Waals surface area contributed by atoms with Gasteiger partial charge in [0.1, 0.15) is 0 Å². The fourth-order valence-electron chi connectivity index (χ4n) is 1.88. The lowest BCUT2D eigenvalue weighted by atomic mass is 10.1. The summed E-state index contributed by atoms with van der Waals surface area (Å²) in [7, 11) is 0. The summed E-state index contributed by atoms with van der Waals surface area (Å²) in [6.07, 6.45) is 0.912. The Kier molecular flexibility index (Phi) is 4.71. The topological polar surface area (TPSA) is 89.0 Å². The lowest BCUT2D eigenvalue weighted by Gasteiger charge is -2.26. The van der Waals surface area contributed by atoms with Gasteiger partial charge in [-0.25, -0.2) is 0 Å². The van der Waals surface area contributed by atoms with Crippen LogP contribution in [0.25, 0.3) is 0 Å². The first-order valence-corrected chi connectivity index (χ1v) is 6.00. The summed E-state index contributed by atoms with van der Waals surface area (Å²) in [5.74, 6) is -0.0813. The minimum absolute atomic E-state index is 0.135. The number of benzene rings is 1. The van der Waals surface area contributed by atoms with Gasteiger partial charge in [-0.1, -0.05) is 24.6 Å². The molecule has 0 aromatic heterocycles. The first-order chi connectivity index (χ1) is 8.45. The fraction of sp³-hybridized carbons (Fsp3) is 0.385. The van der Waals surface area contributed by atoms with Crippen LogP contribution in [0.4, 0.5) is 5.69 Å². The molecule has 0 fully saturated rings. The van der Waals surface area contributed by atoms with Crippen LogP contribution in [0.1, 0.15) is 24.5 Å². The third kappa shape index (κ3) is 3.48. The Balaban J connectivity index is 3.03. The Labute approximate surface area is 108 Å². The molecule has 5 N–H and O–H groups in total. The molecule has 0 spiro atoms. The van der Waals surface area contributed by atoms with Gasteiger partial charge in [0, 0.05) is 12.2 Å². The number of hydrogen-bond donors (Lipinski definition) is 4. The monoisotopic (exact) mass is 247 g/mol. The molecule has 0 atom stereocenters. The molecule has 1 aromatic rings. The van der Waals surface area contributed by atoms with Crippen LogP contribution in [0.3, 0.4) is 0 Å². The summed E-state index contributed by atoms with van der Waals surface area (Å²) < 4.78 is 0. The maximum absolute atomic E-state index is 7.96. The van der Waals surface area contributed by atoms with Gasteiger partial charge in [0.2, 0.25) is 5.96 Å². The van der Waals surface area contributed by atoms with Crippen molar-refractivity contribution in [2.75, 3.05) is 11.4 Å². The van der Waals surface area contributed by atoms with Gasteiger partial charge in [-0.2, -0.15) is 0 Å². The standard InChI is InChI=1S/C13H21N5/c1-4-7-18(13(16)17-12(14)15)11-6-5-9(2)8-10(11)3/h5-6,8H,4,7H2,1-3H3,(H5,14,15,16,17). The van der Waals surface area contributed by atoms with Crippen molar-refractivity contribution in [2.24, 2.45) is 5.73 Å². The highest BCUT2D eigenvalue weighted by Crippen LogP contribution is 2.21. The van der Waals surface area contributed by atoms with E-state index in [4.69, 9.17) is 16.6 Å². The number of hydrogen-bond acceptors (Lipinski definition) is 2. The van der Waals surface area contributed by atoms with Crippen LogP contribution < -0.4 is 16.0 Å². The number of guanidine groups is 2. The maximum atomic E-state index is 7.96. The zero-order valence-corrected chi connectivity index (χ0v) is 11.2. The minimum atomic E-state index is -0.217. The Morgan fingerprint density at radius 1 is 1.33 bits per heavy atom. The van der Waals surface area contributed by atoms with E-state index >= 15 is 0 Å². The Bertz CT molecular complexity index is 453. The number of nitrogens with zero attached hydrogens (tertiary/aromatic N) is 1. The molecule has 0 aliphatic heterocycles. The van der Waals surface area contributed by atoms with Crippen molar-refractivity contribution in [3.63, 3.8) is 0 Å². The quantitative estimate of drug-likeness (QED) is 0.486. The molecule has 98 valence electrons. The van der Waals surface area contributed by atoms with Crippen LogP contribution in [0.15, 0.2) is 18.2 Å². The largest absolute Gasteiger partial charge is 0.370 e. The van der Waals surface area contributed by atoms with E-state index in [0.717, 1.165) is 17.7 Å². The average Bonchev–Trinajstić information content (AvgIpc) is 2.25. The average molecular weight is 247 g/mol. The molecule has 0 radical (unpaired) electrons. The van der Waals surface area contributed by atoms with Crippen molar-refractivity contribution >= 4 is 17.6 Å². The third-order valence-electron chi connectivity index (χ3n) is 2.61. The molecule has 0 aliphatic carbocycles. The van der Waals surface area contributed by atoms with E-state index in [9.17, 15) is 0 Å². The lowest BCUT2D eigenvalue weighted by Crippen LogP contribution is -2.46. The van der Waals surface area contributed by atoms with Gasteiger partial charge in [-0.05, 0) is 31.9 Å². The maximum Gasteiger partial charge on any atom is 0.202 e. The number of nitrogens with one attached hydrogen (secondary N) is 3. The molecule has 0 amide bonds. The van der Waals surface area contributed by atoms with Crippen LogP contribution in [0, 0.1) is 24.7 Å². The molecule has 0 saturated heterocycles. The van der Waals surface area contributed by atoms with E-state index in [1.54, 1.807) is 0 Å². The van der Waals surface area contributed by atoms with E-state index in [1.165, 1.54) is 5.56 Å². The number of rotatable bonds is 3. The van der Waals surface area contributed by atoms with Gasteiger partial charge in [0.15, 0.2) is 5.96 Å². The smallest absolute Gasteiger partial charge is 0.202 e. The Morgan fingerprint density at radius 3 is 2.50 bits per heavy atom. The highest BCUT2D eigenvalue weighted by atomic mass is 15.3. The molecular weight excluding hydrogens is 226 g/mol. The minimum Gasteiger partial charge on any atom is -0.370 e. The molecule has 0 bridgehead atoms. The van der Waals surface area contributed by atoms with Gasteiger partial charge in [-0.3, -0.25) is 16.1 Å². The second-order valence-electron chi connectivity index (χ2n) is 4.33. The molecule has 18 heavy (non-hydrogen) atoms. The van der Waals surface area contributed by atoms with Crippen LogP contribution in [-0.4, -0.2) is 18.5 Å². The predicted molar refractivity (Wildman–Crippen MR) is 76.3 cm³/mol. The molecule has 0 aliphatic rings. The summed E-state index contributed by atoms with van der Waals surface area (Å²) in [4.78, 5) is 1.83. The van der Waals surface area contributed by atoms with Crippen molar-refractivity contribution in [1.29, 1.82) is 10.8 Å². The fourth-order valence-corrected chi connectivity index (χ4v) is 1.88. The molecule has 5 heteroatoms. The zero-order valence-electron chi connectivity index (χ0n) is 11.2. The molecule has 0 unspecified atom stereocenters. The Hall–Kier alpha value is -2.04. The molecule has 0 saturated carbocycles. The highest BCUT2D eigenvalue weighted by Gasteiger charge is 2.13. The number of aryl methyl sites for hydroxylation is 2. The first-order valence-electron chi connectivity index (χ1n) is 6.00. The van der Waals surface area contributed by atoms with E-state index < -0.39 is 0 Å². The van der Waals surface area contributed by atoms with Crippen molar-refractivity contribution < 1.29 is 0 Å². The molecule has 5 nitrogen and oxygen atoms in total. The third-order valence-corrected chi connectivity index (χ3v) is 2.61. The van der Waals surface area contributed by atoms with Crippen LogP contribution in [0.2, 0.25) is 0 Å². The second-order valence-corrected chi connectivity index (χ2v) is 4.33. The second kappa shape index (κ2) is 6.05. The molecule has 0 heterocycles. The van der Waals surface area contributed by atoms with Gasteiger partial charge in [0.05, 0.1) is 0 Å². The summed E-state index contributed by atoms with van der Waals surface area (Å²) in [5, 5.41) is 17.7. The molecular formula is C13H21N5. The summed E-state index contributed by atoms with van der Waals surface area (Å²) >= 11 is 0. The van der Waals surface area contributed by atoms with E-state index in [-0.39, 0.29) is 11.9 Å². The van der Waals surface area contributed by atoms with Crippen molar-refractivity contribution in [3.8, 4) is 0 Å². The summed E-state index contributed by atoms with van der Waals surface area (Å²) in [5.41, 5.74) is 8.55. The Morgan fingerprint density at radius 2 is 2.00 bits per heavy atom.